The quantitative estimate of drug-likeness (QED) is 0.838. The molecule has 0 saturated heterocycles. The number of rotatable bonds is 5. The van der Waals surface area contributed by atoms with Crippen molar-refractivity contribution in [1.29, 1.82) is 0 Å². The molecule has 108 valence electrons. The molecule has 4 nitrogen and oxygen atoms in total. The molecule has 0 unspecified atom stereocenters. The van der Waals surface area contributed by atoms with Crippen LogP contribution in [-0.4, -0.2) is 24.7 Å². The fourth-order valence-corrected chi connectivity index (χ4v) is 2.45. The fraction of sp³-hybridized carbons (Fsp3) is 0.500. The summed E-state index contributed by atoms with van der Waals surface area (Å²) in [5.41, 5.74) is 4.89. The largest absolute Gasteiger partial charge is 0.362 e. The van der Waals surface area contributed by atoms with E-state index in [4.69, 9.17) is 0 Å². The monoisotopic (exact) mass is 273 g/mol. The van der Waals surface area contributed by atoms with E-state index in [9.17, 15) is 4.79 Å². The predicted octanol–water partition coefficient (Wildman–Crippen LogP) is 2.95. The minimum absolute atomic E-state index is 0.0474. The second-order valence-corrected chi connectivity index (χ2v) is 5.12. The standard InChI is InChI=1S/C16H23N3O/c1-2-19(15-11-7-4-8-12-15)13-16(20)18-17-14-9-5-3-6-10-14/h4,7-8,11-12H,2-3,5-6,9-10,13H2,1H3,(H,18,20). The van der Waals surface area contributed by atoms with E-state index in [-0.39, 0.29) is 5.91 Å². The highest BCUT2D eigenvalue weighted by molar-refractivity contribution is 5.87. The summed E-state index contributed by atoms with van der Waals surface area (Å²) in [6.45, 7) is 3.19. The minimum Gasteiger partial charge on any atom is -0.362 e. The number of nitrogens with zero attached hydrogens (tertiary/aromatic N) is 2. The van der Waals surface area contributed by atoms with Crippen LogP contribution in [0.15, 0.2) is 35.4 Å². The van der Waals surface area contributed by atoms with E-state index < -0.39 is 0 Å². The Labute approximate surface area is 120 Å². The lowest BCUT2D eigenvalue weighted by molar-refractivity contribution is -0.119. The third-order valence-corrected chi connectivity index (χ3v) is 3.61. The van der Waals surface area contributed by atoms with Gasteiger partial charge in [-0.1, -0.05) is 24.6 Å². The molecule has 0 heterocycles. The predicted molar refractivity (Wildman–Crippen MR) is 83.0 cm³/mol. The van der Waals surface area contributed by atoms with Gasteiger partial charge in [0.05, 0.1) is 6.54 Å². The van der Waals surface area contributed by atoms with Gasteiger partial charge >= 0.3 is 0 Å². The van der Waals surface area contributed by atoms with Crippen LogP contribution in [-0.2, 0) is 4.79 Å². The molecule has 0 aliphatic heterocycles. The van der Waals surface area contributed by atoms with Crippen molar-refractivity contribution < 1.29 is 4.79 Å². The number of nitrogens with one attached hydrogen (secondary N) is 1. The zero-order chi connectivity index (χ0) is 14.2. The number of hydrogen-bond acceptors (Lipinski definition) is 3. The molecule has 1 amide bonds. The van der Waals surface area contributed by atoms with Gasteiger partial charge in [-0.25, -0.2) is 5.43 Å². The second-order valence-electron chi connectivity index (χ2n) is 5.12. The van der Waals surface area contributed by atoms with E-state index in [1.54, 1.807) is 0 Å². The van der Waals surface area contributed by atoms with Gasteiger partial charge in [-0.2, -0.15) is 5.10 Å². The smallest absolute Gasteiger partial charge is 0.259 e. The van der Waals surface area contributed by atoms with Crippen molar-refractivity contribution >= 4 is 17.3 Å². The maximum absolute atomic E-state index is 12.0. The van der Waals surface area contributed by atoms with Crippen LogP contribution in [0.25, 0.3) is 0 Å². The topological polar surface area (TPSA) is 44.7 Å². The molecular formula is C16H23N3O. The van der Waals surface area contributed by atoms with Crippen molar-refractivity contribution in [3.05, 3.63) is 30.3 Å². The van der Waals surface area contributed by atoms with Crippen LogP contribution in [0, 0.1) is 0 Å². The zero-order valence-electron chi connectivity index (χ0n) is 12.1. The molecule has 0 atom stereocenters. The van der Waals surface area contributed by atoms with Gasteiger partial charge in [0.2, 0.25) is 0 Å². The zero-order valence-corrected chi connectivity index (χ0v) is 12.1. The van der Waals surface area contributed by atoms with Crippen LogP contribution in [0.1, 0.15) is 39.0 Å². The number of carbonyl (C=O) groups is 1. The third-order valence-electron chi connectivity index (χ3n) is 3.61. The fourth-order valence-electron chi connectivity index (χ4n) is 2.45. The lowest BCUT2D eigenvalue weighted by atomic mass is 9.99. The molecule has 2 rings (SSSR count). The summed E-state index contributed by atoms with van der Waals surface area (Å²) in [6, 6.07) is 9.98. The van der Waals surface area contributed by atoms with Gasteiger partial charge in [-0.3, -0.25) is 4.79 Å². The molecule has 20 heavy (non-hydrogen) atoms. The Hall–Kier alpha value is -1.84. The van der Waals surface area contributed by atoms with Crippen molar-refractivity contribution in [2.45, 2.75) is 39.0 Å². The Morgan fingerprint density at radius 2 is 1.90 bits per heavy atom. The summed E-state index contributed by atoms with van der Waals surface area (Å²) in [5.74, 6) is -0.0474. The van der Waals surface area contributed by atoms with Crippen LogP contribution < -0.4 is 10.3 Å². The molecule has 1 aromatic carbocycles. The highest BCUT2D eigenvalue weighted by atomic mass is 16.2. The van der Waals surface area contributed by atoms with Gasteiger partial charge < -0.3 is 4.90 Å². The Morgan fingerprint density at radius 1 is 1.20 bits per heavy atom. The highest BCUT2D eigenvalue weighted by Gasteiger charge is 2.10. The molecule has 1 aromatic rings. The van der Waals surface area contributed by atoms with E-state index in [2.05, 4.69) is 10.5 Å². The molecule has 1 aliphatic carbocycles. The maximum Gasteiger partial charge on any atom is 0.259 e. The van der Waals surface area contributed by atoms with Gasteiger partial charge in [0.25, 0.3) is 5.91 Å². The van der Waals surface area contributed by atoms with Gasteiger partial charge in [0.1, 0.15) is 0 Å². The average Bonchev–Trinajstić information content (AvgIpc) is 2.52. The first kappa shape index (κ1) is 14.6. The average molecular weight is 273 g/mol. The molecule has 1 saturated carbocycles. The number of anilines is 1. The van der Waals surface area contributed by atoms with Crippen LogP contribution >= 0.6 is 0 Å². The normalized spacial score (nSPS) is 14.8. The van der Waals surface area contributed by atoms with Crippen molar-refractivity contribution in [1.82, 2.24) is 5.43 Å². The number of hydrazone groups is 1. The van der Waals surface area contributed by atoms with E-state index in [0.29, 0.717) is 6.54 Å². The summed E-state index contributed by atoms with van der Waals surface area (Å²) in [5, 5.41) is 4.25. The Balaban J connectivity index is 1.86. The second kappa shape index (κ2) is 7.68. The molecule has 0 bridgehead atoms. The van der Waals surface area contributed by atoms with Gasteiger partial charge in [-0.15, -0.1) is 0 Å². The van der Waals surface area contributed by atoms with Crippen LogP contribution in [0.3, 0.4) is 0 Å². The third kappa shape index (κ3) is 4.37. The van der Waals surface area contributed by atoms with Crippen LogP contribution in [0.5, 0.6) is 0 Å². The molecule has 0 spiro atoms. The number of amides is 1. The number of carbonyl (C=O) groups excluding carboxylic acids is 1. The Bertz CT molecular complexity index is 448. The number of likely N-dealkylation sites (N-methyl/N-ethyl adjacent to an activating group) is 1. The van der Waals surface area contributed by atoms with Crippen molar-refractivity contribution in [3.63, 3.8) is 0 Å². The van der Waals surface area contributed by atoms with Crippen molar-refractivity contribution in [2.24, 2.45) is 5.10 Å². The molecule has 1 aliphatic rings. The minimum atomic E-state index is -0.0474. The maximum atomic E-state index is 12.0. The first-order chi connectivity index (χ1) is 9.79. The summed E-state index contributed by atoms with van der Waals surface area (Å²) in [6.07, 6.45) is 5.72. The lowest BCUT2D eigenvalue weighted by Gasteiger charge is -2.22. The van der Waals surface area contributed by atoms with E-state index >= 15 is 0 Å². The number of para-hydroxylation sites is 1. The summed E-state index contributed by atoms with van der Waals surface area (Å²) in [4.78, 5) is 14.0. The summed E-state index contributed by atoms with van der Waals surface area (Å²) in [7, 11) is 0. The van der Waals surface area contributed by atoms with Crippen LogP contribution in [0.2, 0.25) is 0 Å². The SMILES string of the molecule is CCN(CC(=O)NN=C1CCCCC1)c1ccccc1. The van der Waals surface area contributed by atoms with Gasteiger partial charge in [-0.05, 0) is 44.7 Å². The van der Waals surface area contributed by atoms with Gasteiger partial charge in [0, 0.05) is 17.9 Å². The Morgan fingerprint density at radius 3 is 2.55 bits per heavy atom. The van der Waals surface area contributed by atoms with Gasteiger partial charge in [0.15, 0.2) is 0 Å². The molecule has 0 radical (unpaired) electrons. The molecule has 4 heteroatoms. The number of benzene rings is 1. The molecule has 0 aromatic heterocycles. The Kier molecular flexibility index (Phi) is 5.59. The number of hydrogen-bond donors (Lipinski definition) is 1. The first-order valence-electron chi connectivity index (χ1n) is 7.44. The van der Waals surface area contributed by atoms with Crippen molar-refractivity contribution in [2.75, 3.05) is 18.0 Å². The van der Waals surface area contributed by atoms with E-state index in [0.717, 1.165) is 30.8 Å². The van der Waals surface area contributed by atoms with Crippen LogP contribution in [0.4, 0.5) is 5.69 Å². The van der Waals surface area contributed by atoms with E-state index in [1.165, 1.54) is 19.3 Å². The summed E-state index contributed by atoms with van der Waals surface area (Å²) < 4.78 is 0. The molecule has 1 N–H and O–H groups in total. The lowest BCUT2D eigenvalue weighted by Crippen LogP contribution is -2.35. The molecular weight excluding hydrogens is 250 g/mol. The first-order valence-corrected chi connectivity index (χ1v) is 7.44. The summed E-state index contributed by atoms with van der Waals surface area (Å²) >= 11 is 0. The van der Waals surface area contributed by atoms with E-state index in [1.807, 2.05) is 42.2 Å². The van der Waals surface area contributed by atoms with Crippen molar-refractivity contribution in [3.8, 4) is 0 Å². The molecule has 1 fully saturated rings. The highest BCUT2D eigenvalue weighted by Crippen LogP contribution is 2.14.